The Bertz CT molecular complexity index is 1220. The number of hydrogen-bond acceptors (Lipinski definition) is 3. The molecule has 0 unspecified atom stereocenters. The number of benzene rings is 4. The van der Waals surface area contributed by atoms with E-state index in [-0.39, 0.29) is 0 Å². The number of aryl methyl sites for hydroxylation is 1. The highest BCUT2D eigenvalue weighted by molar-refractivity contribution is 5.65. The molecular formula is C34H32N2O. The van der Waals surface area contributed by atoms with Crippen LogP contribution in [0.2, 0.25) is 0 Å². The lowest BCUT2D eigenvalue weighted by atomic mass is 10.00. The van der Waals surface area contributed by atoms with Crippen molar-refractivity contribution in [3.8, 4) is 40.1 Å². The van der Waals surface area contributed by atoms with Crippen LogP contribution in [0.25, 0.3) is 22.3 Å². The molecule has 0 aliphatic carbocycles. The molecule has 0 bridgehead atoms. The molecule has 4 rings (SSSR count). The van der Waals surface area contributed by atoms with Gasteiger partial charge in [0, 0.05) is 0 Å². The van der Waals surface area contributed by atoms with Crippen LogP contribution in [0.4, 0.5) is 0 Å². The second kappa shape index (κ2) is 13.7. The van der Waals surface area contributed by atoms with E-state index in [1.165, 1.54) is 43.2 Å². The van der Waals surface area contributed by atoms with Crippen LogP contribution in [0.3, 0.4) is 0 Å². The molecule has 0 saturated carbocycles. The largest absolute Gasteiger partial charge is 0.494 e. The van der Waals surface area contributed by atoms with Gasteiger partial charge in [-0.2, -0.15) is 10.5 Å². The van der Waals surface area contributed by atoms with E-state index in [4.69, 9.17) is 15.3 Å². The summed E-state index contributed by atoms with van der Waals surface area (Å²) in [7, 11) is 0. The third kappa shape index (κ3) is 7.83. The molecule has 0 amide bonds. The van der Waals surface area contributed by atoms with Crippen LogP contribution < -0.4 is 4.74 Å². The summed E-state index contributed by atoms with van der Waals surface area (Å²) in [6, 6.07) is 36.7. The lowest BCUT2D eigenvalue weighted by molar-refractivity contribution is 0.304. The van der Waals surface area contributed by atoms with Crippen molar-refractivity contribution in [1.29, 1.82) is 10.5 Å². The van der Waals surface area contributed by atoms with Gasteiger partial charge in [-0.3, -0.25) is 0 Å². The molecule has 0 aliphatic heterocycles. The predicted molar refractivity (Wildman–Crippen MR) is 150 cm³/mol. The molecule has 0 aliphatic rings. The summed E-state index contributed by atoms with van der Waals surface area (Å²) < 4.78 is 5.91. The Balaban J connectivity index is 1.06. The number of rotatable bonds is 12. The van der Waals surface area contributed by atoms with Crippen LogP contribution in [-0.4, -0.2) is 6.61 Å². The molecule has 0 atom stereocenters. The summed E-state index contributed by atoms with van der Waals surface area (Å²) in [6.07, 6.45) is 8.39. The lowest BCUT2D eigenvalue weighted by Crippen LogP contribution is -1.97. The van der Waals surface area contributed by atoms with Crippen molar-refractivity contribution in [2.75, 3.05) is 6.61 Å². The number of ether oxygens (including phenoxy) is 1. The van der Waals surface area contributed by atoms with Crippen molar-refractivity contribution in [2.45, 2.75) is 44.9 Å². The Morgan fingerprint density at radius 1 is 0.459 bits per heavy atom. The Hall–Kier alpha value is -4.34. The molecule has 0 heterocycles. The fourth-order valence-electron chi connectivity index (χ4n) is 4.41. The Labute approximate surface area is 220 Å². The summed E-state index contributed by atoms with van der Waals surface area (Å²) in [6.45, 7) is 0.752. The highest BCUT2D eigenvalue weighted by atomic mass is 16.5. The molecule has 0 N–H and O–H groups in total. The van der Waals surface area contributed by atoms with Gasteiger partial charge in [-0.1, -0.05) is 86.3 Å². The van der Waals surface area contributed by atoms with Gasteiger partial charge in [-0.15, -0.1) is 0 Å². The first-order valence-electron chi connectivity index (χ1n) is 13.1. The zero-order valence-electron chi connectivity index (χ0n) is 21.2. The second-order valence-electron chi connectivity index (χ2n) is 9.32. The highest BCUT2D eigenvalue weighted by Gasteiger charge is 2.01. The molecule has 37 heavy (non-hydrogen) atoms. The van der Waals surface area contributed by atoms with Crippen molar-refractivity contribution in [3.05, 3.63) is 114 Å². The summed E-state index contributed by atoms with van der Waals surface area (Å²) in [5, 5.41) is 17.9. The van der Waals surface area contributed by atoms with Gasteiger partial charge in [0.2, 0.25) is 0 Å². The normalized spacial score (nSPS) is 10.4. The summed E-state index contributed by atoms with van der Waals surface area (Å²) in [5.74, 6) is 0.905. The number of unbranched alkanes of at least 4 members (excludes halogenated alkanes) is 5. The molecular weight excluding hydrogens is 452 g/mol. The number of nitrogens with zero attached hydrogens (tertiary/aromatic N) is 2. The monoisotopic (exact) mass is 484 g/mol. The fourth-order valence-corrected chi connectivity index (χ4v) is 4.41. The van der Waals surface area contributed by atoms with Crippen LogP contribution in [0.5, 0.6) is 5.75 Å². The highest BCUT2D eigenvalue weighted by Crippen LogP contribution is 2.23. The maximum atomic E-state index is 8.94. The van der Waals surface area contributed by atoms with E-state index < -0.39 is 0 Å². The van der Waals surface area contributed by atoms with Gasteiger partial charge in [0.1, 0.15) is 5.75 Å². The Kier molecular flexibility index (Phi) is 9.51. The minimum atomic E-state index is 0.676. The standard InChI is InChI=1S/C34H32N2O/c35-25-28-10-16-31(17-11-28)30-14-8-27(9-15-30)7-5-3-1-2-4-6-24-37-34-22-20-33(21-23-34)32-18-12-29(26-36)13-19-32/h8-23H,1-7,24H2. The van der Waals surface area contributed by atoms with Crippen molar-refractivity contribution < 1.29 is 4.74 Å². The summed E-state index contributed by atoms with van der Waals surface area (Å²) in [5.41, 5.74) is 7.32. The number of hydrogen-bond donors (Lipinski definition) is 0. The SMILES string of the molecule is N#Cc1ccc(-c2ccc(CCCCCCCCOc3ccc(-c4ccc(C#N)cc4)cc3)cc2)cc1. The van der Waals surface area contributed by atoms with Gasteiger partial charge in [-0.25, -0.2) is 0 Å². The van der Waals surface area contributed by atoms with Crippen molar-refractivity contribution in [1.82, 2.24) is 0 Å². The predicted octanol–water partition coefficient (Wildman–Crippen LogP) is 8.73. The average Bonchev–Trinajstić information content (AvgIpc) is 2.97. The van der Waals surface area contributed by atoms with Crippen LogP contribution in [0, 0.1) is 22.7 Å². The molecule has 0 saturated heterocycles. The zero-order chi connectivity index (χ0) is 25.7. The lowest BCUT2D eigenvalue weighted by Gasteiger charge is -2.08. The first-order valence-corrected chi connectivity index (χ1v) is 13.1. The van der Waals surface area contributed by atoms with Gasteiger partial charge in [0.15, 0.2) is 0 Å². The van der Waals surface area contributed by atoms with Crippen molar-refractivity contribution in [2.24, 2.45) is 0 Å². The smallest absolute Gasteiger partial charge is 0.119 e. The van der Waals surface area contributed by atoms with Crippen LogP contribution in [0.1, 0.15) is 55.2 Å². The van der Waals surface area contributed by atoms with E-state index >= 15 is 0 Å². The molecule has 0 aromatic heterocycles. The van der Waals surface area contributed by atoms with Crippen molar-refractivity contribution in [3.63, 3.8) is 0 Å². The Morgan fingerprint density at radius 2 is 0.865 bits per heavy atom. The van der Waals surface area contributed by atoms with Crippen LogP contribution in [-0.2, 0) is 6.42 Å². The number of nitriles is 2. The Morgan fingerprint density at radius 3 is 1.35 bits per heavy atom. The maximum Gasteiger partial charge on any atom is 0.119 e. The minimum absolute atomic E-state index is 0.676. The van der Waals surface area contributed by atoms with Gasteiger partial charge in [0.25, 0.3) is 0 Å². The minimum Gasteiger partial charge on any atom is -0.494 e. The molecule has 4 aromatic carbocycles. The van der Waals surface area contributed by atoms with E-state index in [2.05, 4.69) is 48.5 Å². The molecule has 0 spiro atoms. The molecule has 3 nitrogen and oxygen atoms in total. The average molecular weight is 485 g/mol. The molecule has 3 heteroatoms. The van der Waals surface area contributed by atoms with Crippen molar-refractivity contribution >= 4 is 0 Å². The second-order valence-corrected chi connectivity index (χ2v) is 9.32. The molecule has 0 radical (unpaired) electrons. The van der Waals surface area contributed by atoms with E-state index in [1.807, 2.05) is 60.7 Å². The maximum absolute atomic E-state index is 8.94. The molecule has 4 aromatic rings. The van der Waals surface area contributed by atoms with Crippen LogP contribution >= 0.6 is 0 Å². The van der Waals surface area contributed by atoms with E-state index in [0.717, 1.165) is 41.9 Å². The van der Waals surface area contributed by atoms with Gasteiger partial charge >= 0.3 is 0 Å². The van der Waals surface area contributed by atoms with Gasteiger partial charge in [0.05, 0.1) is 29.9 Å². The van der Waals surface area contributed by atoms with E-state index in [1.54, 1.807) is 0 Å². The van der Waals surface area contributed by atoms with E-state index in [0.29, 0.717) is 11.1 Å². The summed E-state index contributed by atoms with van der Waals surface area (Å²) in [4.78, 5) is 0. The third-order valence-corrected chi connectivity index (χ3v) is 6.63. The quantitative estimate of drug-likeness (QED) is 0.189. The first kappa shape index (κ1) is 25.7. The topological polar surface area (TPSA) is 56.8 Å². The zero-order valence-corrected chi connectivity index (χ0v) is 21.2. The van der Waals surface area contributed by atoms with E-state index in [9.17, 15) is 0 Å². The molecule has 0 fully saturated rings. The fraction of sp³-hybridized carbons (Fsp3) is 0.235. The third-order valence-electron chi connectivity index (χ3n) is 6.63. The molecule has 184 valence electrons. The van der Waals surface area contributed by atoms with Crippen LogP contribution in [0.15, 0.2) is 97.1 Å². The first-order chi connectivity index (χ1) is 18.2. The summed E-state index contributed by atoms with van der Waals surface area (Å²) >= 11 is 0. The van der Waals surface area contributed by atoms with Gasteiger partial charge in [-0.05, 0) is 83.5 Å². The van der Waals surface area contributed by atoms with Gasteiger partial charge < -0.3 is 4.74 Å².